The molecular formula is C51H39N3. The number of aromatic nitrogens is 3. The smallest absolute Gasteiger partial charge is 0.0650 e. The lowest BCUT2D eigenvalue weighted by Gasteiger charge is -2.15. The Hall–Kier alpha value is -6.84. The van der Waals surface area contributed by atoms with Crippen LogP contribution in [0.2, 0.25) is 0 Å². The van der Waals surface area contributed by atoms with E-state index in [4.69, 9.17) is 0 Å². The summed E-state index contributed by atoms with van der Waals surface area (Å²) in [7, 11) is 0. The molecule has 10 rings (SSSR count). The Morgan fingerprint density at radius 1 is 0.278 bits per heavy atom. The van der Waals surface area contributed by atoms with Crippen molar-refractivity contribution < 1.29 is 0 Å². The van der Waals surface area contributed by atoms with E-state index in [0.717, 1.165) is 34.1 Å². The molecular weight excluding hydrogens is 655 g/mol. The van der Waals surface area contributed by atoms with Gasteiger partial charge in [0, 0.05) is 33.2 Å². The highest BCUT2D eigenvalue weighted by Crippen LogP contribution is 2.47. The summed E-state index contributed by atoms with van der Waals surface area (Å²) in [5.41, 5.74) is 17.7. The molecule has 0 aliphatic rings. The van der Waals surface area contributed by atoms with Gasteiger partial charge in [0.05, 0.1) is 33.6 Å². The van der Waals surface area contributed by atoms with Gasteiger partial charge in [0.1, 0.15) is 0 Å². The van der Waals surface area contributed by atoms with Crippen LogP contribution in [0.5, 0.6) is 0 Å². The molecule has 10 aromatic rings. The van der Waals surface area contributed by atoms with Crippen LogP contribution in [0, 0.1) is 20.8 Å². The minimum atomic E-state index is 1.13. The molecule has 0 atom stereocenters. The summed E-state index contributed by atoms with van der Waals surface area (Å²) in [5, 5.41) is 3.62. The lowest BCUT2D eigenvalue weighted by Crippen LogP contribution is -2.00. The van der Waals surface area contributed by atoms with Crippen molar-refractivity contribution in [1.82, 2.24) is 13.7 Å². The van der Waals surface area contributed by atoms with Gasteiger partial charge >= 0.3 is 0 Å². The molecule has 0 bridgehead atoms. The van der Waals surface area contributed by atoms with Gasteiger partial charge in [0.25, 0.3) is 0 Å². The molecule has 3 aromatic heterocycles. The Labute approximate surface area is 315 Å². The molecule has 0 amide bonds. The minimum Gasteiger partial charge on any atom is -0.309 e. The van der Waals surface area contributed by atoms with E-state index < -0.39 is 0 Å². The molecule has 0 aliphatic heterocycles. The van der Waals surface area contributed by atoms with Crippen LogP contribution < -0.4 is 0 Å². The summed E-state index contributed by atoms with van der Waals surface area (Å²) in [4.78, 5) is 0. The largest absolute Gasteiger partial charge is 0.309 e. The summed E-state index contributed by atoms with van der Waals surface area (Å²) in [5.74, 6) is 0. The van der Waals surface area contributed by atoms with Gasteiger partial charge < -0.3 is 13.7 Å². The highest BCUT2D eigenvalue weighted by molar-refractivity contribution is 6.27. The van der Waals surface area contributed by atoms with Crippen LogP contribution in [-0.2, 0) is 0 Å². The first-order valence-corrected chi connectivity index (χ1v) is 18.7. The standard InChI is InChI=1S/C51H39N3/c1-34-19-25-37(26-20-34)46-31-43-49(52(46)40-13-7-4-8-14-40)44-32-47(38-27-21-35(2)22-28-38)54(42-17-11-6-12-18-42)51(44)45-33-48(39-29-23-36(3)24-30-39)53(50(43)45)41-15-9-5-10-16-41/h4-33H,1-3H3. The van der Waals surface area contributed by atoms with Crippen LogP contribution in [0.4, 0.5) is 0 Å². The Morgan fingerprint density at radius 3 is 0.759 bits per heavy atom. The Bertz CT molecular complexity index is 2590. The zero-order chi connectivity index (χ0) is 36.3. The molecule has 258 valence electrons. The van der Waals surface area contributed by atoms with Crippen molar-refractivity contribution in [3.63, 3.8) is 0 Å². The molecule has 7 aromatic carbocycles. The van der Waals surface area contributed by atoms with Gasteiger partial charge in [-0.1, -0.05) is 144 Å². The van der Waals surface area contributed by atoms with Crippen molar-refractivity contribution in [2.24, 2.45) is 0 Å². The number of benzene rings is 7. The van der Waals surface area contributed by atoms with Crippen molar-refractivity contribution in [3.05, 3.63) is 199 Å². The average molecular weight is 694 g/mol. The predicted molar refractivity (Wildman–Crippen MR) is 227 cm³/mol. The molecule has 0 spiro atoms. The number of aryl methyl sites for hydroxylation is 3. The van der Waals surface area contributed by atoms with Gasteiger partial charge in [-0.3, -0.25) is 0 Å². The number of nitrogens with zero attached hydrogens (tertiary/aromatic N) is 3. The molecule has 0 unspecified atom stereocenters. The Kier molecular flexibility index (Phi) is 7.48. The van der Waals surface area contributed by atoms with E-state index in [-0.39, 0.29) is 0 Å². The van der Waals surface area contributed by atoms with Crippen molar-refractivity contribution in [3.8, 4) is 50.8 Å². The van der Waals surface area contributed by atoms with Crippen LogP contribution >= 0.6 is 0 Å². The quantitative estimate of drug-likeness (QED) is 0.165. The zero-order valence-corrected chi connectivity index (χ0v) is 30.7. The zero-order valence-electron chi connectivity index (χ0n) is 30.7. The number of rotatable bonds is 6. The van der Waals surface area contributed by atoms with Crippen LogP contribution in [0.1, 0.15) is 16.7 Å². The lowest BCUT2D eigenvalue weighted by molar-refractivity contribution is 1.13. The second-order valence-electron chi connectivity index (χ2n) is 14.5. The van der Waals surface area contributed by atoms with Crippen molar-refractivity contribution in [2.45, 2.75) is 20.8 Å². The van der Waals surface area contributed by atoms with Gasteiger partial charge in [-0.2, -0.15) is 0 Å². The van der Waals surface area contributed by atoms with Crippen LogP contribution in [0.3, 0.4) is 0 Å². The number of hydrogen-bond donors (Lipinski definition) is 0. The molecule has 0 saturated carbocycles. The first-order valence-electron chi connectivity index (χ1n) is 18.7. The second-order valence-corrected chi connectivity index (χ2v) is 14.5. The maximum absolute atomic E-state index is 2.49. The fourth-order valence-electron chi connectivity index (χ4n) is 8.22. The molecule has 3 heterocycles. The predicted octanol–water partition coefficient (Wildman–Crippen LogP) is 13.4. The van der Waals surface area contributed by atoms with Gasteiger partial charge in [-0.25, -0.2) is 0 Å². The molecule has 0 saturated heterocycles. The Balaban J connectivity index is 1.49. The van der Waals surface area contributed by atoms with Crippen LogP contribution in [0.15, 0.2) is 182 Å². The first-order chi connectivity index (χ1) is 26.5. The monoisotopic (exact) mass is 693 g/mol. The van der Waals surface area contributed by atoms with E-state index in [9.17, 15) is 0 Å². The molecule has 0 N–H and O–H groups in total. The third-order valence-electron chi connectivity index (χ3n) is 10.9. The molecule has 3 nitrogen and oxygen atoms in total. The molecule has 0 fully saturated rings. The summed E-state index contributed by atoms with van der Waals surface area (Å²) < 4.78 is 7.47. The van der Waals surface area contributed by atoms with Gasteiger partial charge in [-0.15, -0.1) is 0 Å². The molecule has 0 aliphatic carbocycles. The van der Waals surface area contributed by atoms with Gasteiger partial charge in [-0.05, 0) is 92.1 Å². The van der Waals surface area contributed by atoms with Gasteiger partial charge in [0.2, 0.25) is 0 Å². The van der Waals surface area contributed by atoms with E-state index in [2.05, 4.69) is 216 Å². The van der Waals surface area contributed by atoms with E-state index in [0.29, 0.717) is 0 Å². The number of hydrogen-bond acceptors (Lipinski definition) is 0. The molecule has 3 heteroatoms. The SMILES string of the molecule is Cc1ccc(-c2cc3c(c4cc(-c5ccc(C)cc5)n(-c5ccccc5)c4c4cc(-c5ccc(C)cc5)n(-c5ccccc5)c34)n2-c2ccccc2)cc1. The lowest BCUT2D eigenvalue weighted by atomic mass is 10.1. The van der Waals surface area contributed by atoms with E-state index in [1.54, 1.807) is 0 Å². The average Bonchev–Trinajstić information content (AvgIpc) is 3.92. The third kappa shape index (κ3) is 5.12. The fourth-order valence-corrected chi connectivity index (χ4v) is 8.22. The van der Waals surface area contributed by atoms with Crippen molar-refractivity contribution >= 4 is 32.7 Å². The van der Waals surface area contributed by atoms with Gasteiger partial charge in [0.15, 0.2) is 0 Å². The third-order valence-corrected chi connectivity index (χ3v) is 10.9. The minimum absolute atomic E-state index is 1.13. The van der Waals surface area contributed by atoms with E-state index in [1.165, 1.54) is 66.1 Å². The van der Waals surface area contributed by atoms with Crippen LogP contribution in [-0.4, -0.2) is 13.7 Å². The highest BCUT2D eigenvalue weighted by Gasteiger charge is 2.27. The number of fused-ring (bicyclic) bond motifs is 6. The second kappa shape index (κ2) is 12.7. The van der Waals surface area contributed by atoms with Crippen molar-refractivity contribution in [1.29, 1.82) is 0 Å². The van der Waals surface area contributed by atoms with Crippen molar-refractivity contribution in [2.75, 3.05) is 0 Å². The van der Waals surface area contributed by atoms with E-state index in [1.807, 2.05) is 0 Å². The summed E-state index contributed by atoms with van der Waals surface area (Å²) in [6.45, 7) is 6.46. The van der Waals surface area contributed by atoms with Crippen LogP contribution in [0.25, 0.3) is 83.5 Å². The number of para-hydroxylation sites is 3. The topological polar surface area (TPSA) is 14.8 Å². The van der Waals surface area contributed by atoms with E-state index >= 15 is 0 Å². The maximum atomic E-state index is 2.49. The molecule has 54 heavy (non-hydrogen) atoms. The summed E-state index contributed by atoms with van der Waals surface area (Å²) >= 11 is 0. The Morgan fingerprint density at radius 2 is 0.519 bits per heavy atom. The first kappa shape index (κ1) is 31.9. The normalized spacial score (nSPS) is 11.6. The summed E-state index contributed by atoms with van der Waals surface area (Å²) in [6.07, 6.45) is 0. The molecule has 0 radical (unpaired) electrons. The maximum Gasteiger partial charge on any atom is 0.0650 e. The highest BCUT2D eigenvalue weighted by atomic mass is 15.1. The summed E-state index contributed by atoms with van der Waals surface area (Å²) in [6, 6.07) is 66.7. The fraction of sp³-hybridized carbons (Fsp3) is 0.0588.